The van der Waals surface area contributed by atoms with Crippen molar-refractivity contribution in [1.82, 2.24) is 10.6 Å². The molecule has 4 nitrogen and oxygen atoms in total. The van der Waals surface area contributed by atoms with Crippen molar-refractivity contribution in [3.8, 4) is 0 Å². The summed E-state index contributed by atoms with van der Waals surface area (Å²) in [6.07, 6.45) is 4.85. The average Bonchev–Trinajstić information content (AvgIpc) is 2.81. The minimum Gasteiger partial charge on any atom is -0.271 e. The molecule has 1 aliphatic heterocycles. The zero-order valence-electron chi connectivity index (χ0n) is 10.6. The highest BCUT2D eigenvalue weighted by Gasteiger charge is 2.36. The molecule has 3 rings (SSSR count). The van der Waals surface area contributed by atoms with E-state index in [-0.39, 0.29) is 5.91 Å². The lowest BCUT2D eigenvalue weighted by atomic mass is 9.92. The fraction of sp³-hybridized carbons (Fsp3) is 0.429. The largest absolute Gasteiger partial charge is 0.351 e. The maximum absolute atomic E-state index is 12.1. The summed E-state index contributed by atoms with van der Waals surface area (Å²) in [5, 5.41) is 6.87. The number of nitrogens with one attached hydrogen (secondary N) is 3. The third kappa shape index (κ3) is 2.73. The minimum atomic E-state index is -0.120. The van der Waals surface area contributed by atoms with Crippen LogP contribution in [0.2, 0.25) is 5.02 Å². The molecule has 1 aliphatic carbocycles. The van der Waals surface area contributed by atoms with Gasteiger partial charge in [0.2, 0.25) is 0 Å². The normalized spacial score (nSPS) is 25.2. The van der Waals surface area contributed by atoms with Gasteiger partial charge in [-0.05, 0) is 49.9 Å². The summed E-state index contributed by atoms with van der Waals surface area (Å²) >= 11 is 5.81. The predicted molar refractivity (Wildman–Crippen MR) is 74.1 cm³/mol. The molecule has 1 aromatic rings. The van der Waals surface area contributed by atoms with Gasteiger partial charge in [-0.3, -0.25) is 15.1 Å². The van der Waals surface area contributed by atoms with Crippen LogP contribution in [0.5, 0.6) is 0 Å². The molecule has 0 saturated heterocycles. The molecule has 1 aromatic carbocycles. The number of carbonyl (C=O) groups excluding carboxylic acids is 1. The van der Waals surface area contributed by atoms with Crippen LogP contribution in [0.3, 0.4) is 0 Å². The fourth-order valence-electron chi connectivity index (χ4n) is 2.75. The molecule has 2 aliphatic rings. The van der Waals surface area contributed by atoms with E-state index in [1.807, 2.05) is 0 Å². The zero-order valence-corrected chi connectivity index (χ0v) is 11.3. The van der Waals surface area contributed by atoms with Gasteiger partial charge in [-0.25, -0.2) is 5.32 Å². The Hall–Kier alpha value is -1.55. The smallest absolute Gasteiger partial charge is 0.271 e. The van der Waals surface area contributed by atoms with Gasteiger partial charge in [0.25, 0.3) is 0 Å². The van der Waals surface area contributed by atoms with Crippen LogP contribution in [-0.2, 0) is 0 Å². The van der Waals surface area contributed by atoms with E-state index in [1.165, 1.54) is 12.8 Å². The minimum absolute atomic E-state index is 0.120. The molecule has 0 aromatic heterocycles. The van der Waals surface area contributed by atoms with Crippen LogP contribution in [-0.4, -0.2) is 24.0 Å². The second kappa shape index (κ2) is 5.21. The Morgan fingerprint density at radius 2 is 2.00 bits per heavy atom. The maximum Gasteiger partial charge on any atom is 0.351 e. The summed E-state index contributed by atoms with van der Waals surface area (Å²) in [7, 11) is 0. The standard InChI is InChI=1S/C14H16ClN3O/c15-10-7-5-9(6-8-10)13(19)18-14-16-11-3-1-2-4-12(11)17-14/h5-8,11-12H,1-4H2,(H2,16,17,18,19)/p+1/t11-,12-/m1/s1. The van der Waals surface area contributed by atoms with Crippen LogP contribution in [0.15, 0.2) is 24.3 Å². The summed E-state index contributed by atoms with van der Waals surface area (Å²) in [4.78, 5) is 15.4. The summed E-state index contributed by atoms with van der Waals surface area (Å²) in [5.74, 6) is 0.613. The first kappa shape index (κ1) is 12.5. The number of fused-ring (bicyclic) bond motifs is 1. The summed E-state index contributed by atoms with van der Waals surface area (Å²) in [6, 6.07) is 7.79. The van der Waals surface area contributed by atoms with Gasteiger partial charge in [0.15, 0.2) is 0 Å². The second-order valence-corrected chi connectivity index (χ2v) is 5.56. The van der Waals surface area contributed by atoms with E-state index in [9.17, 15) is 4.79 Å². The molecule has 0 unspecified atom stereocenters. The van der Waals surface area contributed by atoms with E-state index < -0.39 is 0 Å². The van der Waals surface area contributed by atoms with Crippen LogP contribution < -0.4 is 15.6 Å². The topological polar surface area (TPSA) is 55.1 Å². The number of hydrogen-bond acceptors (Lipinski definition) is 2. The van der Waals surface area contributed by atoms with Gasteiger partial charge in [-0.15, -0.1) is 0 Å². The Morgan fingerprint density at radius 1 is 1.26 bits per heavy atom. The maximum atomic E-state index is 12.1. The average molecular weight is 279 g/mol. The summed E-state index contributed by atoms with van der Waals surface area (Å²) in [5.41, 5.74) is 0.607. The lowest BCUT2D eigenvalue weighted by Crippen LogP contribution is -2.80. The van der Waals surface area contributed by atoms with Crippen molar-refractivity contribution in [2.75, 3.05) is 0 Å². The van der Waals surface area contributed by atoms with Gasteiger partial charge >= 0.3 is 11.9 Å². The SMILES string of the molecule is O=C(NC1=[NH+][C@@H]2CCCC[C@H]2N1)c1ccc(Cl)cc1. The Labute approximate surface area is 117 Å². The molecule has 1 saturated carbocycles. The van der Waals surface area contributed by atoms with E-state index in [0.717, 1.165) is 18.8 Å². The Kier molecular flexibility index (Phi) is 3.42. The zero-order chi connectivity index (χ0) is 13.2. The van der Waals surface area contributed by atoms with Gasteiger partial charge in [-0.1, -0.05) is 11.6 Å². The van der Waals surface area contributed by atoms with E-state index in [4.69, 9.17) is 11.6 Å². The fourth-order valence-corrected chi connectivity index (χ4v) is 2.87. The van der Waals surface area contributed by atoms with E-state index in [2.05, 4.69) is 15.6 Å². The Bertz CT molecular complexity index is 512. The molecule has 1 fully saturated rings. The molecular weight excluding hydrogens is 262 g/mol. The highest BCUT2D eigenvalue weighted by Crippen LogP contribution is 2.17. The quantitative estimate of drug-likeness (QED) is 0.697. The summed E-state index contributed by atoms with van der Waals surface area (Å²) < 4.78 is 0. The van der Waals surface area contributed by atoms with Crippen molar-refractivity contribution in [3.63, 3.8) is 0 Å². The first-order chi connectivity index (χ1) is 9.22. The number of carbonyl (C=O) groups is 1. The highest BCUT2D eigenvalue weighted by atomic mass is 35.5. The van der Waals surface area contributed by atoms with Gasteiger partial charge in [0.1, 0.15) is 12.1 Å². The molecule has 100 valence electrons. The first-order valence-electron chi connectivity index (χ1n) is 6.69. The van der Waals surface area contributed by atoms with E-state index >= 15 is 0 Å². The first-order valence-corrected chi connectivity index (χ1v) is 7.07. The second-order valence-electron chi connectivity index (χ2n) is 5.12. The third-order valence-corrected chi connectivity index (χ3v) is 4.02. The monoisotopic (exact) mass is 278 g/mol. The van der Waals surface area contributed by atoms with Crippen LogP contribution in [0, 0.1) is 0 Å². The van der Waals surface area contributed by atoms with Gasteiger partial charge in [0, 0.05) is 5.02 Å². The number of amides is 1. The number of rotatable bonds is 1. The van der Waals surface area contributed by atoms with E-state index in [1.54, 1.807) is 24.3 Å². The number of halogens is 1. The van der Waals surface area contributed by atoms with E-state index in [0.29, 0.717) is 22.7 Å². The molecule has 5 heteroatoms. The van der Waals surface area contributed by atoms with Crippen molar-refractivity contribution >= 4 is 23.5 Å². The van der Waals surface area contributed by atoms with Crippen LogP contribution in [0.1, 0.15) is 36.0 Å². The van der Waals surface area contributed by atoms with Gasteiger partial charge in [-0.2, -0.15) is 0 Å². The molecule has 1 amide bonds. The number of benzene rings is 1. The summed E-state index contributed by atoms with van der Waals surface area (Å²) in [6.45, 7) is 0. The van der Waals surface area contributed by atoms with Crippen LogP contribution >= 0.6 is 11.6 Å². The third-order valence-electron chi connectivity index (χ3n) is 3.77. The van der Waals surface area contributed by atoms with Crippen LogP contribution in [0.25, 0.3) is 0 Å². The lowest BCUT2D eigenvalue weighted by molar-refractivity contribution is -0.500. The molecule has 0 spiro atoms. The molecule has 3 N–H and O–H groups in total. The molecule has 1 heterocycles. The molecule has 2 atom stereocenters. The van der Waals surface area contributed by atoms with Crippen molar-refractivity contribution in [2.24, 2.45) is 0 Å². The number of hydrogen-bond donors (Lipinski definition) is 3. The lowest BCUT2D eigenvalue weighted by Gasteiger charge is -2.19. The molecule has 0 bridgehead atoms. The Balaban J connectivity index is 1.65. The van der Waals surface area contributed by atoms with Crippen molar-refractivity contribution < 1.29 is 9.79 Å². The molecule has 19 heavy (non-hydrogen) atoms. The van der Waals surface area contributed by atoms with Crippen LogP contribution in [0.4, 0.5) is 0 Å². The Morgan fingerprint density at radius 3 is 2.74 bits per heavy atom. The van der Waals surface area contributed by atoms with Crippen molar-refractivity contribution in [3.05, 3.63) is 34.9 Å². The van der Waals surface area contributed by atoms with Crippen molar-refractivity contribution in [2.45, 2.75) is 37.8 Å². The van der Waals surface area contributed by atoms with Crippen molar-refractivity contribution in [1.29, 1.82) is 0 Å². The van der Waals surface area contributed by atoms with Gasteiger partial charge in [0.05, 0.1) is 5.56 Å². The van der Waals surface area contributed by atoms with Gasteiger partial charge < -0.3 is 0 Å². The highest BCUT2D eigenvalue weighted by molar-refractivity contribution is 6.30. The molecular formula is C14H17ClN3O+. The predicted octanol–water partition coefficient (Wildman–Crippen LogP) is 0.421. The number of guanidine groups is 1. The molecule has 0 radical (unpaired) electrons.